The summed E-state index contributed by atoms with van der Waals surface area (Å²) in [7, 11) is 0. The molecule has 2 N–H and O–H groups in total. The first-order valence-corrected chi connectivity index (χ1v) is 7.60. The van der Waals surface area contributed by atoms with Crippen LogP contribution in [-0.2, 0) is 11.3 Å². The first-order valence-electron chi connectivity index (χ1n) is 7.60. The highest BCUT2D eigenvalue weighted by Crippen LogP contribution is 2.14. The summed E-state index contributed by atoms with van der Waals surface area (Å²) in [5, 5.41) is 6.38. The van der Waals surface area contributed by atoms with Crippen molar-refractivity contribution in [3.63, 3.8) is 0 Å². The number of hydrogen-bond acceptors (Lipinski definition) is 3. The SMILES string of the molecule is Cc1nccn1CC(C)CNC(=O)CCC1CCNC1. The molecule has 5 heteroatoms. The van der Waals surface area contributed by atoms with Gasteiger partial charge in [0.15, 0.2) is 0 Å². The molecule has 20 heavy (non-hydrogen) atoms. The summed E-state index contributed by atoms with van der Waals surface area (Å²) in [6, 6.07) is 0. The Hall–Kier alpha value is -1.36. The van der Waals surface area contributed by atoms with Gasteiger partial charge in [-0.15, -0.1) is 0 Å². The molecule has 0 spiro atoms. The fraction of sp³-hybridized carbons (Fsp3) is 0.733. The van der Waals surface area contributed by atoms with Crippen molar-refractivity contribution in [1.82, 2.24) is 20.2 Å². The Balaban J connectivity index is 1.61. The number of amides is 1. The van der Waals surface area contributed by atoms with Crippen LogP contribution in [-0.4, -0.2) is 35.1 Å². The van der Waals surface area contributed by atoms with E-state index in [-0.39, 0.29) is 5.91 Å². The van der Waals surface area contributed by atoms with Crippen LogP contribution >= 0.6 is 0 Å². The van der Waals surface area contributed by atoms with E-state index in [9.17, 15) is 4.79 Å². The van der Waals surface area contributed by atoms with E-state index >= 15 is 0 Å². The number of rotatable bonds is 7. The monoisotopic (exact) mass is 278 g/mol. The maximum absolute atomic E-state index is 11.8. The fourth-order valence-corrected chi connectivity index (χ4v) is 2.67. The first kappa shape index (κ1) is 15.0. The number of aromatic nitrogens is 2. The van der Waals surface area contributed by atoms with Gasteiger partial charge in [-0.3, -0.25) is 4.79 Å². The second-order valence-electron chi connectivity index (χ2n) is 5.93. The minimum Gasteiger partial charge on any atom is -0.356 e. The molecule has 0 aromatic carbocycles. The molecule has 1 fully saturated rings. The van der Waals surface area contributed by atoms with E-state index < -0.39 is 0 Å². The number of imidazole rings is 1. The Labute approximate surface area is 121 Å². The molecule has 1 aromatic heterocycles. The lowest BCUT2D eigenvalue weighted by Crippen LogP contribution is -2.30. The third-order valence-corrected chi connectivity index (χ3v) is 4.02. The number of aryl methyl sites for hydroxylation is 1. The van der Waals surface area contributed by atoms with Gasteiger partial charge in [0.1, 0.15) is 5.82 Å². The van der Waals surface area contributed by atoms with Crippen LogP contribution in [0.15, 0.2) is 12.4 Å². The van der Waals surface area contributed by atoms with Gasteiger partial charge in [-0.25, -0.2) is 4.98 Å². The second-order valence-corrected chi connectivity index (χ2v) is 5.93. The molecule has 112 valence electrons. The molecule has 1 saturated heterocycles. The molecule has 5 nitrogen and oxygen atoms in total. The van der Waals surface area contributed by atoms with Gasteiger partial charge in [0.25, 0.3) is 0 Å². The van der Waals surface area contributed by atoms with Crippen molar-refractivity contribution >= 4 is 5.91 Å². The smallest absolute Gasteiger partial charge is 0.220 e. The van der Waals surface area contributed by atoms with Gasteiger partial charge in [0.2, 0.25) is 5.91 Å². The van der Waals surface area contributed by atoms with Crippen molar-refractivity contribution in [3.8, 4) is 0 Å². The van der Waals surface area contributed by atoms with Crippen LogP contribution in [0.2, 0.25) is 0 Å². The Bertz CT molecular complexity index is 423. The van der Waals surface area contributed by atoms with Gasteiger partial charge in [-0.2, -0.15) is 0 Å². The van der Waals surface area contributed by atoms with E-state index in [0.717, 1.165) is 38.4 Å². The lowest BCUT2D eigenvalue weighted by atomic mass is 10.0. The molecule has 2 heterocycles. The molecule has 0 aliphatic carbocycles. The zero-order valence-corrected chi connectivity index (χ0v) is 12.6. The fourth-order valence-electron chi connectivity index (χ4n) is 2.67. The predicted octanol–water partition coefficient (Wildman–Crippen LogP) is 1.33. The first-order chi connectivity index (χ1) is 9.65. The highest BCUT2D eigenvalue weighted by molar-refractivity contribution is 5.75. The highest BCUT2D eigenvalue weighted by Gasteiger charge is 2.15. The van der Waals surface area contributed by atoms with Crippen molar-refractivity contribution < 1.29 is 4.79 Å². The maximum atomic E-state index is 11.8. The van der Waals surface area contributed by atoms with Crippen LogP contribution in [0.4, 0.5) is 0 Å². The Morgan fingerprint density at radius 3 is 3.15 bits per heavy atom. The minimum atomic E-state index is 0.186. The van der Waals surface area contributed by atoms with Crippen LogP contribution in [0.3, 0.4) is 0 Å². The van der Waals surface area contributed by atoms with E-state index in [2.05, 4.69) is 27.1 Å². The summed E-state index contributed by atoms with van der Waals surface area (Å²) in [6.45, 7) is 7.97. The predicted molar refractivity (Wildman–Crippen MR) is 79.3 cm³/mol. The van der Waals surface area contributed by atoms with Crippen molar-refractivity contribution in [2.45, 2.75) is 39.7 Å². The second kappa shape index (κ2) is 7.43. The average molecular weight is 278 g/mol. The van der Waals surface area contributed by atoms with E-state index in [1.54, 1.807) is 0 Å². The summed E-state index contributed by atoms with van der Waals surface area (Å²) < 4.78 is 2.13. The summed E-state index contributed by atoms with van der Waals surface area (Å²) >= 11 is 0. The number of nitrogens with zero attached hydrogens (tertiary/aromatic N) is 2. The van der Waals surface area contributed by atoms with Gasteiger partial charge in [0.05, 0.1) is 0 Å². The molecular weight excluding hydrogens is 252 g/mol. The minimum absolute atomic E-state index is 0.186. The van der Waals surface area contributed by atoms with Crippen LogP contribution in [0.25, 0.3) is 0 Å². The highest BCUT2D eigenvalue weighted by atomic mass is 16.1. The number of hydrogen-bond donors (Lipinski definition) is 2. The standard InChI is InChI=1S/C15H26N4O/c1-12(11-19-8-7-17-13(19)2)9-18-15(20)4-3-14-5-6-16-10-14/h7-8,12,14,16H,3-6,9-11H2,1-2H3,(H,18,20). The lowest BCUT2D eigenvalue weighted by molar-refractivity contribution is -0.121. The lowest BCUT2D eigenvalue weighted by Gasteiger charge is -2.15. The molecule has 1 aliphatic heterocycles. The largest absolute Gasteiger partial charge is 0.356 e. The molecule has 2 atom stereocenters. The van der Waals surface area contributed by atoms with Crippen LogP contribution in [0.1, 0.15) is 32.0 Å². The van der Waals surface area contributed by atoms with Crippen LogP contribution in [0, 0.1) is 18.8 Å². The zero-order valence-electron chi connectivity index (χ0n) is 12.6. The molecule has 2 unspecified atom stereocenters. The van der Waals surface area contributed by atoms with Crippen LogP contribution in [0.5, 0.6) is 0 Å². The van der Waals surface area contributed by atoms with Gasteiger partial charge in [-0.1, -0.05) is 6.92 Å². The average Bonchev–Trinajstić information content (AvgIpc) is 3.07. The molecule has 1 amide bonds. The molecule has 0 saturated carbocycles. The maximum Gasteiger partial charge on any atom is 0.220 e. The van der Waals surface area contributed by atoms with Gasteiger partial charge in [0, 0.05) is 31.9 Å². The van der Waals surface area contributed by atoms with E-state index in [1.807, 2.05) is 19.3 Å². The topological polar surface area (TPSA) is 59.0 Å². The summed E-state index contributed by atoms with van der Waals surface area (Å²) in [4.78, 5) is 16.0. The zero-order chi connectivity index (χ0) is 14.4. The van der Waals surface area contributed by atoms with Crippen molar-refractivity contribution in [2.75, 3.05) is 19.6 Å². The summed E-state index contributed by atoms with van der Waals surface area (Å²) in [6.07, 6.45) is 6.68. The van der Waals surface area contributed by atoms with E-state index in [1.165, 1.54) is 6.42 Å². The molecule has 1 aromatic rings. The van der Waals surface area contributed by atoms with E-state index in [4.69, 9.17) is 0 Å². The molecule has 1 aliphatic rings. The summed E-state index contributed by atoms with van der Waals surface area (Å²) in [5.41, 5.74) is 0. The van der Waals surface area contributed by atoms with Crippen molar-refractivity contribution in [1.29, 1.82) is 0 Å². The van der Waals surface area contributed by atoms with Gasteiger partial charge >= 0.3 is 0 Å². The quantitative estimate of drug-likeness (QED) is 0.791. The molecule has 0 radical (unpaired) electrons. The van der Waals surface area contributed by atoms with Crippen LogP contribution < -0.4 is 10.6 Å². The third kappa shape index (κ3) is 4.63. The Morgan fingerprint density at radius 2 is 2.50 bits per heavy atom. The third-order valence-electron chi connectivity index (χ3n) is 4.02. The normalized spacial score (nSPS) is 20.0. The molecule has 2 rings (SSSR count). The molecule has 0 bridgehead atoms. The van der Waals surface area contributed by atoms with Gasteiger partial charge in [-0.05, 0) is 44.7 Å². The number of nitrogens with one attached hydrogen (secondary N) is 2. The Morgan fingerprint density at radius 1 is 1.65 bits per heavy atom. The van der Waals surface area contributed by atoms with E-state index in [0.29, 0.717) is 18.3 Å². The Kier molecular flexibility index (Phi) is 5.59. The van der Waals surface area contributed by atoms with Crippen molar-refractivity contribution in [2.24, 2.45) is 11.8 Å². The molecular formula is C15H26N4O. The summed E-state index contributed by atoms with van der Waals surface area (Å²) in [5.74, 6) is 2.31. The van der Waals surface area contributed by atoms with Crippen molar-refractivity contribution in [3.05, 3.63) is 18.2 Å². The number of carbonyl (C=O) groups excluding carboxylic acids is 1. The van der Waals surface area contributed by atoms with Gasteiger partial charge < -0.3 is 15.2 Å². The number of carbonyl (C=O) groups is 1.